The average molecular weight is 500 g/mol. The van der Waals surface area contributed by atoms with Gasteiger partial charge in [0.15, 0.2) is 0 Å². The molecule has 1 aromatic rings. The monoisotopic (exact) mass is 500 g/mol. The van der Waals surface area contributed by atoms with Crippen LogP contribution in [-0.4, -0.2) is 78.6 Å². The van der Waals surface area contributed by atoms with Crippen LogP contribution in [0.5, 0.6) is 0 Å². The Morgan fingerprint density at radius 3 is 2.50 bits per heavy atom. The standard InChI is InChI=1S/C18H18N4O4S.C2HF3O2/c19-13-16(24)22-14(18(25)26)11(9-27-17(13)22)7-10-4-6-21(15(10)23)8-12-3-1-2-5-20-12;3-2(4,5)1(6)7/h1-3,5,7,13,17H,4,6,8-9,19H2,(H,25,26);(H,6,7)/t13-,17-;/m1./s1. The number of allylic oxidation sites excluding steroid dienone is 1. The van der Waals surface area contributed by atoms with Gasteiger partial charge in [0, 0.05) is 24.1 Å². The van der Waals surface area contributed by atoms with E-state index >= 15 is 0 Å². The number of pyridine rings is 1. The maximum Gasteiger partial charge on any atom is 0.490 e. The number of β-lactam (4-membered cyclic amide) rings is 1. The van der Waals surface area contributed by atoms with Crippen molar-refractivity contribution in [3.63, 3.8) is 0 Å². The highest BCUT2D eigenvalue weighted by Crippen LogP contribution is 2.40. The van der Waals surface area contributed by atoms with Gasteiger partial charge < -0.3 is 20.8 Å². The summed E-state index contributed by atoms with van der Waals surface area (Å²) in [7, 11) is 0. The number of carbonyl (C=O) groups is 4. The molecule has 2 atom stereocenters. The summed E-state index contributed by atoms with van der Waals surface area (Å²) in [5.74, 6) is -4.05. The molecule has 2 fully saturated rings. The van der Waals surface area contributed by atoms with Crippen molar-refractivity contribution >= 4 is 35.5 Å². The molecule has 2 amide bonds. The first-order valence-corrected chi connectivity index (χ1v) is 10.8. The number of thioether (sulfide) groups is 1. The SMILES string of the molecule is N[C@@H]1C(=O)N2C(C(=O)O)=C(C=C3CCN(Cc4ccccn4)C3=O)CS[C@H]12.O=C(O)C(F)(F)F. The number of fused-ring (bicyclic) bond motifs is 1. The zero-order valence-corrected chi connectivity index (χ0v) is 18.2. The van der Waals surface area contributed by atoms with Crippen molar-refractivity contribution in [1.82, 2.24) is 14.8 Å². The van der Waals surface area contributed by atoms with Crippen LogP contribution in [0.25, 0.3) is 0 Å². The Balaban J connectivity index is 0.000000406. The van der Waals surface area contributed by atoms with Crippen molar-refractivity contribution in [3.8, 4) is 0 Å². The number of aliphatic carboxylic acids is 2. The molecule has 3 aliphatic rings. The number of rotatable bonds is 4. The Hall–Kier alpha value is -3.39. The number of carboxylic acid groups (broad SMARTS) is 2. The lowest BCUT2D eigenvalue weighted by atomic mass is 10.0. The van der Waals surface area contributed by atoms with Gasteiger partial charge in [0.2, 0.25) is 11.8 Å². The first-order valence-electron chi connectivity index (χ1n) is 9.78. The fraction of sp³-hybridized carbons (Fsp3) is 0.350. The van der Waals surface area contributed by atoms with E-state index in [9.17, 15) is 32.7 Å². The fourth-order valence-corrected chi connectivity index (χ4v) is 4.75. The number of halogens is 3. The Morgan fingerprint density at radius 2 is 1.94 bits per heavy atom. The molecule has 10 nitrogen and oxygen atoms in total. The highest BCUT2D eigenvalue weighted by Gasteiger charge is 2.51. The number of nitrogens with two attached hydrogens (primary N) is 1. The number of aromatic nitrogens is 1. The zero-order valence-electron chi connectivity index (χ0n) is 17.4. The second-order valence-corrected chi connectivity index (χ2v) is 8.49. The summed E-state index contributed by atoms with van der Waals surface area (Å²) in [5.41, 5.74) is 7.52. The molecule has 182 valence electrons. The van der Waals surface area contributed by atoms with Crippen LogP contribution in [0, 0.1) is 0 Å². The van der Waals surface area contributed by atoms with E-state index in [1.807, 2.05) is 18.2 Å². The van der Waals surface area contributed by atoms with E-state index in [0.29, 0.717) is 36.4 Å². The number of nitrogens with zero attached hydrogens (tertiary/aromatic N) is 3. The van der Waals surface area contributed by atoms with E-state index in [-0.39, 0.29) is 17.0 Å². The van der Waals surface area contributed by atoms with E-state index in [2.05, 4.69) is 4.98 Å². The average Bonchev–Trinajstić information content (AvgIpc) is 3.12. The summed E-state index contributed by atoms with van der Waals surface area (Å²) in [6, 6.07) is 4.88. The molecule has 34 heavy (non-hydrogen) atoms. The molecule has 0 spiro atoms. The zero-order chi connectivity index (χ0) is 25.2. The van der Waals surface area contributed by atoms with Gasteiger partial charge in [-0.1, -0.05) is 6.07 Å². The van der Waals surface area contributed by atoms with Crippen LogP contribution in [0.4, 0.5) is 13.2 Å². The third kappa shape index (κ3) is 5.22. The van der Waals surface area contributed by atoms with Gasteiger partial charge in [-0.25, -0.2) is 9.59 Å². The Labute approximate surface area is 194 Å². The lowest BCUT2D eigenvalue weighted by molar-refractivity contribution is -0.192. The second-order valence-electron chi connectivity index (χ2n) is 7.38. The minimum Gasteiger partial charge on any atom is -0.477 e. The van der Waals surface area contributed by atoms with Gasteiger partial charge in [-0.15, -0.1) is 11.8 Å². The number of carboxylic acids is 2. The maximum absolute atomic E-state index is 12.7. The van der Waals surface area contributed by atoms with Crippen LogP contribution in [0.1, 0.15) is 12.1 Å². The molecule has 4 heterocycles. The molecule has 14 heteroatoms. The minimum absolute atomic E-state index is 0.0612. The van der Waals surface area contributed by atoms with E-state index < -0.39 is 30.1 Å². The fourth-order valence-electron chi connectivity index (χ4n) is 3.50. The van der Waals surface area contributed by atoms with Gasteiger partial charge in [-0.3, -0.25) is 19.5 Å². The highest BCUT2D eigenvalue weighted by atomic mass is 32.2. The summed E-state index contributed by atoms with van der Waals surface area (Å²) < 4.78 is 31.7. The molecule has 4 N–H and O–H groups in total. The van der Waals surface area contributed by atoms with E-state index in [1.165, 1.54) is 16.7 Å². The van der Waals surface area contributed by atoms with Crippen molar-refractivity contribution in [1.29, 1.82) is 0 Å². The Morgan fingerprint density at radius 1 is 1.26 bits per heavy atom. The van der Waals surface area contributed by atoms with Gasteiger partial charge in [-0.2, -0.15) is 13.2 Å². The summed E-state index contributed by atoms with van der Waals surface area (Å²) in [6.45, 7) is 0.971. The molecule has 0 unspecified atom stereocenters. The van der Waals surface area contributed by atoms with Crippen molar-refractivity contribution < 1.29 is 42.6 Å². The number of hydrogen-bond acceptors (Lipinski definition) is 7. The minimum atomic E-state index is -5.08. The van der Waals surface area contributed by atoms with Crippen molar-refractivity contribution in [3.05, 3.63) is 53.0 Å². The van der Waals surface area contributed by atoms with Crippen molar-refractivity contribution in [2.24, 2.45) is 5.73 Å². The molecular weight excluding hydrogens is 481 g/mol. The second kappa shape index (κ2) is 9.85. The highest BCUT2D eigenvalue weighted by molar-refractivity contribution is 8.00. The van der Waals surface area contributed by atoms with E-state index in [4.69, 9.17) is 15.6 Å². The summed E-state index contributed by atoms with van der Waals surface area (Å²) in [5, 5.41) is 16.4. The molecule has 4 rings (SSSR count). The number of alkyl halides is 3. The van der Waals surface area contributed by atoms with Gasteiger partial charge in [0.25, 0.3) is 0 Å². The molecular formula is C20H19F3N4O6S. The molecule has 0 aromatic carbocycles. The van der Waals surface area contributed by atoms with Gasteiger partial charge in [0.1, 0.15) is 17.1 Å². The van der Waals surface area contributed by atoms with Crippen LogP contribution in [0.3, 0.4) is 0 Å². The van der Waals surface area contributed by atoms with Crippen LogP contribution < -0.4 is 5.73 Å². The normalized spacial score (nSPS) is 23.4. The van der Waals surface area contributed by atoms with E-state index in [0.717, 1.165) is 5.69 Å². The molecule has 3 aliphatic heterocycles. The number of likely N-dealkylation sites (tertiary alicyclic amines) is 1. The molecule has 2 saturated heterocycles. The number of amides is 2. The maximum atomic E-state index is 12.7. The lowest BCUT2D eigenvalue weighted by Gasteiger charge is -2.47. The van der Waals surface area contributed by atoms with Crippen LogP contribution in [-0.2, 0) is 25.7 Å². The van der Waals surface area contributed by atoms with Gasteiger partial charge in [-0.05, 0) is 30.2 Å². The molecule has 0 saturated carbocycles. The molecule has 1 aromatic heterocycles. The van der Waals surface area contributed by atoms with Gasteiger partial charge in [0.05, 0.1) is 12.2 Å². The number of carbonyl (C=O) groups excluding carboxylic acids is 2. The summed E-state index contributed by atoms with van der Waals surface area (Å²) in [4.78, 5) is 52.5. The topological polar surface area (TPSA) is 154 Å². The molecule has 0 aliphatic carbocycles. The van der Waals surface area contributed by atoms with E-state index in [1.54, 1.807) is 17.2 Å². The van der Waals surface area contributed by atoms with Crippen LogP contribution >= 0.6 is 11.8 Å². The third-order valence-corrected chi connectivity index (χ3v) is 6.45. The largest absolute Gasteiger partial charge is 0.490 e. The Bertz CT molecular complexity index is 1080. The first kappa shape index (κ1) is 25.2. The summed E-state index contributed by atoms with van der Waals surface area (Å²) in [6.07, 6.45) is -1.24. The smallest absolute Gasteiger partial charge is 0.477 e. The predicted octanol–water partition coefficient (Wildman–Crippen LogP) is 0.955. The Kier molecular flexibility index (Phi) is 7.31. The van der Waals surface area contributed by atoms with Crippen LogP contribution in [0.2, 0.25) is 0 Å². The quantitative estimate of drug-likeness (QED) is 0.405. The third-order valence-electron chi connectivity index (χ3n) is 5.12. The molecule has 0 bridgehead atoms. The lowest BCUT2D eigenvalue weighted by Crippen LogP contribution is -2.68. The first-order chi connectivity index (χ1) is 15.9. The van der Waals surface area contributed by atoms with Gasteiger partial charge >= 0.3 is 18.1 Å². The number of hydrogen-bond donors (Lipinski definition) is 3. The summed E-state index contributed by atoms with van der Waals surface area (Å²) >= 11 is 1.42. The van der Waals surface area contributed by atoms with Crippen molar-refractivity contribution in [2.75, 3.05) is 12.3 Å². The van der Waals surface area contributed by atoms with Crippen LogP contribution in [0.15, 0.2) is 47.3 Å². The van der Waals surface area contributed by atoms with Crippen molar-refractivity contribution in [2.45, 2.75) is 30.6 Å². The predicted molar refractivity (Wildman–Crippen MR) is 112 cm³/mol. The molecule has 0 radical (unpaired) electrons.